The zero-order chi connectivity index (χ0) is 16.8. The van der Waals surface area contributed by atoms with E-state index in [9.17, 15) is 5.21 Å². The number of anilines is 1. The van der Waals surface area contributed by atoms with E-state index in [-0.39, 0.29) is 29.5 Å². The summed E-state index contributed by atoms with van der Waals surface area (Å²) in [6.45, 7) is 8.30. The van der Waals surface area contributed by atoms with E-state index in [2.05, 4.69) is 38.0 Å². The zero-order valence-corrected chi connectivity index (χ0v) is 16.4. The maximum absolute atomic E-state index is 10.4. The molecule has 0 saturated carbocycles. The number of hydroxylamine groups is 2. The minimum atomic E-state index is -0.265. The minimum absolute atomic E-state index is 0. The van der Waals surface area contributed by atoms with Gasteiger partial charge in [-0.1, -0.05) is 11.3 Å². The van der Waals surface area contributed by atoms with Crippen LogP contribution in [0.4, 0.5) is 5.13 Å². The number of hydrogen-bond acceptors (Lipinski definition) is 6. The Bertz CT molecular complexity index is 699. The lowest BCUT2D eigenvalue weighted by atomic mass is 9.79. The SMILES string of the molecule is COc1ccc2nc(NC3CC(C)(C)N(O)C(C)(C)C3)sc2c1.Cl. The average Bonchev–Trinajstić information content (AvgIpc) is 2.85. The highest BCUT2D eigenvalue weighted by molar-refractivity contribution is 7.22. The lowest BCUT2D eigenvalue weighted by molar-refractivity contribution is -0.243. The number of benzene rings is 1. The summed E-state index contributed by atoms with van der Waals surface area (Å²) in [6, 6.07) is 6.22. The number of fused-ring (bicyclic) bond motifs is 1. The molecule has 0 aliphatic carbocycles. The lowest BCUT2D eigenvalue weighted by Crippen LogP contribution is -2.61. The molecule has 0 radical (unpaired) electrons. The van der Waals surface area contributed by atoms with Crippen molar-refractivity contribution in [2.24, 2.45) is 0 Å². The number of rotatable bonds is 3. The van der Waals surface area contributed by atoms with Crippen LogP contribution < -0.4 is 10.1 Å². The van der Waals surface area contributed by atoms with Crippen molar-refractivity contribution < 1.29 is 9.94 Å². The average molecular weight is 372 g/mol. The Labute approximate surface area is 153 Å². The molecular weight excluding hydrogens is 346 g/mol. The van der Waals surface area contributed by atoms with E-state index in [0.29, 0.717) is 0 Å². The molecular formula is C17H26ClN3O2S. The van der Waals surface area contributed by atoms with Crippen molar-refractivity contribution in [3.05, 3.63) is 18.2 Å². The molecule has 2 N–H and O–H groups in total. The van der Waals surface area contributed by atoms with Crippen LogP contribution in [0.5, 0.6) is 5.75 Å². The highest BCUT2D eigenvalue weighted by Crippen LogP contribution is 2.39. The van der Waals surface area contributed by atoms with E-state index < -0.39 is 0 Å². The van der Waals surface area contributed by atoms with Gasteiger partial charge in [-0.2, -0.15) is 5.06 Å². The van der Waals surface area contributed by atoms with Gasteiger partial charge in [0.15, 0.2) is 5.13 Å². The summed E-state index contributed by atoms with van der Waals surface area (Å²) < 4.78 is 6.39. The third-order valence-electron chi connectivity index (χ3n) is 4.56. The zero-order valence-electron chi connectivity index (χ0n) is 14.8. The number of piperidine rings is 1. The van der Waals surface area contributed by atoms with Gasteiger partial charge >= 0.3 is 0 Å². The Morgan fingerprint density at radius 1 is 1.25 bits per heavy atom. The van der Waals surface area contributed by atoms with E-state index in [1.807, 2.05) is 18.2 Å². The van der Waals surface area contributed by atoms with E-state index in [0.717, 1.165) is 33.9 Å². The maximum atomic E-state index is 10.4. The number of thiazole rings is 1. The first-order valence-corrected chi connectivity index (χ1v) is 8.73. The number of aromatic nitrogens is 1. The second kappa shape index (κ2) is 6.67. The van der Waals surface area contributed by atoms with E-state index >= 15 is 0 Å². The third kappa shape index (κ3) is 3.61. The predicted octanol–water partition coefficient (Wildman–Crippen LogP) is 4.55. The Balaban J connectivity index is 0.00000208. The van der Waals surface area contributed by atoms with Crippen LogP contribution in [-0.2, 0) is 0 Å². The maximum Gasteiger partial charge on any atom is 0.184 e. The fraction of sp³-hybridized carbons (Fsp3) is 0.588. The molecule has 0 bridgehead atoms. The first-order chi connectivity index (χ1) is 10.7. The number of methoxy groups -OCH3 is 1. The topological polar surface area (TPSA) is 57.6 Å². The smallest absolute Gasteiger partial charge is 0.184 e. The quantitative estimate of drug-likeness (QED) is 0.828. The van der Waals surface area contributed by atoms with Crippen molar-refractivity contribution in [2.45, 2.75) is 57.7 Å². The molecule has 3 rings (SSSR count). The molecule has 2 heterocycles. The highest BCUT2D eigenvalue weighted by Gasteiger charge is 2.45. The number of ether oxygens (including phenoxy) is 1. The molecule has 1 saturated heterocycles. The summed E-state index contributed by atoms with van der Waals surface area (Å²) in [6.07, 6.45) is 1.73. The van der Waals surface area contributed by atoms with Gasteiger partial charge in [0.2, 0.25) is 0 Å². The largest absolute Gasteiger partial charge is 0.497 e. The normalized spacial score (nSPS) is 20.6. The van der Waals surface area contributed by atoms with Crippen LogP contribution in [0.1, 0.15) is 40.5 Å². The van der Waals surface area contributed by atoms with Crippen LogP contribution in [-0.4, -0.2) is 39.5 Å². The van der Waals surface area contributed by atoms with Gasteiger partial charge in [0.1, 0.15) is 5.75 Å². The summed E-state index contributed by atoms with van der Waals surface area (Å²) in [4.78, 5) is 4.67. The van der Waals surface area contributed by atoms with Gasteiger partial charge in [-0.15, -0.1) is 12.4 Å². The van der Waals surface area contributed by atoms with E-state index in [1.165, 1.54) is 5.06 Å². The van der Waals surface area contributed by atoms with Crippen molar-refractivity contribution in [1.82, 2.24) is 10.0 Å². The van der Waals surface area contributed by atoms with Crippen molar-refractivity contribution in [2.75, 3.05) is 12.4 Å². The first kappa shape index (κ1) is 19.2. The van der Waals surface area contributed by atoms with Crippen LogP contribution in [0.2, 0.25) is 0 Å². The fourth-order valence-corrected chi connectivity index (χ4v) is 4.61. The van der Waals surface area contributed by atoms with Gasteiger partial charge in [0.25, 0.3) is 0 Å². The Morgan fingerprint density at radius 3 is 2.46 bits per heavy atom. The van der Waals surface area contributed by atoms with Gasteiger partial charge in [0.05, 0.1) is 17.3 Å². The summed E-state index contributed by atoms with van der Waals surface area (Å²) in [5, 5.41) is 16.4. The summed E-state index contributed by atoms with van der Waals surface area (Å²) in [7, 11) is 1.67. The van der Waals surface area contributed by atoms with Crippen LogP contribution in [0.15, 0.2) is 18.2 Å². The van der Waals surface area contributed by atoms with Gasteiger partial charge in [-0.05, 0) is 58.7 Å². The monoisotopic (exact) mass is 371 g/mol. The molecule has 0 spiro atoms. The molecule has 0 amide bonds. The Kier molecular flexibility index (Phi) is 5.35. The fourth-order valence-electron chi connectivity index (χ4n) is 3.64. The molecule has 134 valence electrons. The van der Waals surface area contributed by atoms with Crippen LogP contribution >= 0.6 is 23.7 Å². The summed E-state index contributed by atoms with van der Waals surface area (Å²) >= 11 is 1.64. The minimum Gasteiger partial charge on any atom is -0.497 e. The molecule has 24 heavy (non-hydrogen) atoms. The summed E-state index contributed by atoms with van der Waals surface area (Å²) in [5.74, 6) is 0.851. The molecule has 1 aliphatic rings. The molecule has 7 heteroatoms. The molecule has 2 aromatic rings. The third-order valence-corrected chi connectivity index (χ3v) is 5.51. The van der Waals surface area contributed by atoms with E-state index in [4.69, 9.17) is 4.74 Å². The second-order valence-corrected chi connectivity index (χ2v) is 8.57. The van der Waals surface area contributed by atoms with Crippen LogP contribution in [0.3, 0.4) is 0 Å². The number of nitrogens with zero attached hydrogens (tertiary/aromatic N) is 2. The van der Waals surface area contributed by atoms with Gasteiger partial charge in [-0.25, -0.2) is 4.98 Å². The van der Waals surface area contributed by atoms with Crippen molar-refractivity contribution in [3.8, 4) is 5.75 Å². The molecule has 1 aliphatic heterocycles. The number of hydrogen-bond donors (Lipinski definition) is 2. The van der Waals surface area contributed by atoms with Crippen LogP contribution in [0, 0.1) is 0 Å². The Hall–Kier alpha value is -1.08. The van der Waals surface area contributed by atoms with Crippen molar-refractivity contribution in [3.63, 3.8) is 0 Å². The highest BCUT2D eigenvalue weighted by atomic mass is 35.5. The van der Waals surface area contributed by atoms with E-state index in [1.54, 1.807) is 18.4 Å². The lowest BCUT2D eigenvalue weighted by Gasteiger charge is -2.51. The molecule has 1 fully saturated rings. The van der Waals surface area contributed by atoms with Crippen molar-refractivity contribution >= 4 is 39.1 Å². The van der Waals surface area contributed by atoms with Gasteiger partial charge in [0, 0.05) is 17.1 Å². The first-order valence-electron chi connectivity index (χ1n) is 7.92. The van der Waals surface area contributed by atoms with Crippen LogP contribution in [0.25, 0.3) is 10.2 Å². The molecule has 1 aromatic carbocycles. The molecule has 0 unspecified atom stereocenters. The second-order valence-electron chi connectivity index (χ2n) is 7.54. The van der Waals surface area contributed by atoms with Crippen molar-refractivity contribution in [1.29, 1.82) is 0 Å². The number of halogens is 1. The predicted molar refractivity (Wildman–Crippen MR) is 102 cm³/mol. The molecule has 1 aromatic heterocycles. The van der Waals surface area contributed by atoms with Gasteiger partial charge in [-0.3, -0.25) is 0 Å². The standard InChI is InChI=1S/C17H25N3O2S.ClH/c1-16(2)9-11(10-17(3,4)20(16)21)18-15-19-13-7-6-12(22-5)8-14(13)23-15;/h6-8,11,21H,9-10H2,1-5H3,(H,18,19);1H. The molecule has 0 atom stereocenters. The molecule has 5 nitrogen and oxygen atoms in total. The van der Waals surface area contributed by atoms with Gasteiger partial charge < -0.3 is 15.3 Å². The Morgan fingerprint density at radius 2 is 1.88 bits per heavy atom. The summed E-state index contributed by atoms with van der Waals surface area (Å²) in [5.41, 5.74) is 0.454. The number of nitrogens with one attached hydrogen (secondary N) is 1.